The molecule has 0 aliphatic heterocycles. The number of hydrogen-bond donors (Lipinski definition) is 0. The summed E-state index contributed by atoms with van der Waals surface area (Å²) in [4.78, 5) is 5.36. The molecule has 3 nitrogen and oxygen atoms in total. The van der Waals surface area contributed by atoms with Gasteiger partial charge in [-0.05, 0) is 85.2 Å². The van der Waals surface area contributed by atoms with E-state index >= 15 is 0 Å². The van der Waals surface area contributed by atoms with Gasteiger partial charge in [0.1, 0.15) is 5.82 Å². The number of aryl methyl sites for hydroxylation is 1. The number of hydrogen-bond acceptors (Lipinski definition) is 1. The fourth-order valence-corrected chi connectivity index (χ4v) is 7.85. The van der Waals surface area contributed by atoms with Crippen molar-refractivity contribution in [1.82, 2.24) is 9.13 Å². The first-order valence-electron chi connectivity index (χ1n) is 17.3. The highest BCUT2D eigenvalue weighted by atomic mass is 15.1. The van der Waals surface area contributed by atoms with Crippen molar-refractivity contribution >= 4 is 60.8 Å². The number of aliphatic imine (C=N–C) groups is 1. The first-order valence-corrected chi connectivity index (χ1v) is 17.3. The van der Waals surface area contributed by atoms with Gasteiger partial charge in [-0.3, -0.25) is 4.57 Å². The Labute approximate surface area is 286 Å². The van der Waals surface area contributed by atoms with Gasteiger partial charge in [-0.2, -0.15) is 0 Å². The van der Waals surface area contributed by atoms with Crippen LogP contribution in [0.25, 0.3) is 66.3 Å². The van der Waals surface area contributed by atoms with Crippen LogP contribution in [0.4, 0.5) is 0 Å². The highest BCUT2D eigenvalue weighted by Crippen LogP contribution is 2.41. The fraction of sp³-hybridized carbons (Fsp3) is 0.109. The molecule has 0 N–H and O–H groups in total. The summed E-state index contributed by atoms with van der Waals surface area (Å²) in [6, 6.07) is 39.6. The van der Waals surface area contributed by atoms with E-state index < -0.39 is 0 Å². The Kier molecular flexibility index (Phi) is 7.13. The third kappa shape index (κ3) is 4.85. The summed E-state index contributed by atoms with van der Waals surface area (Å²) in [6.45, 7) is 6.79. The van der Waals surface area contributed by atoms with Crippen molar-refractivity contribution in [3.8, 4) is 11.1 Å². The Bertz CT molecular complexity index is 2630. The van der Waals surface area contributed by atoms with E-state index in [0.29, 0.717) is 5.82 Å². The normalized spacial score (nSPS) is 15.0. The van der Waals surface area contributed by atoms with Gasteiger partial charge >= 0.3 is 0 Å². The smallest absolute Gasteiger partial charge is 0.131 e. The summed E-state index contributed by atoms with van der Waals surface area (Å²) < 4.78 is 4.72. The molecule has 0 amide bonds. The van der Waals surface area contributed by atoms with Crippen LogP contribution in [0, 0.1) is 6.92 Å². The number of para-hydroxylation sites is 2. The molecule has 49 heavy (non-hydrogen) atoms. The van der Waals surface area contributed by atoms with Gasteiger partial charge in [0.2, 0.25) is 0 Å². The molecule has 0 fully saturated rings. The molecule has 236 valence electrons. The van der Waals surface area contributed by atoms with Gasteiger partial charge < -0.3 is 4.57 Å². The molecule has 2 aromatic heterocycles. The highest BCUT2D eigenvalue weighted by Gasteiger charge is 2.20. The molecule has 0 bridgehead atoms. The van der Waals surface area contributed by atoms with Crippen LogP contribution in [0.1, 0.15) is 36.8 Å². The number of rotatable bonds is 6. The van der Waals surface area contributed by atoms with Crippen LogP contribution in [0.15, 0.2) is 163 Å². The predicted molar refractivity (Wildman–Crippen MR) is 210 cm³/mol. The van der Waals surface area contributed by atoms with Crippen molar-refractivity contribution < 1.29 is 0 Å². The standard InChI is InChI=1S/C46H37N3/c1-31-16-9-10-21-36(31)46(33-17-5-3-6-18-33)47-32(2)48-42-26-14-12-23-40(42)45-37(24-15-27-43(45)48)34-28-29-39-38-22-11-13-25-41(38)49(44(39)30-34)35-19-7-4-8-20-35/h4-5,7,9-19,21-30H,2-3,6,8,20H2,1H3/b47-46-. The average molecular weight is 632 g/mol. The largest absolute Gasteiger partial charge is 0.313 e. The highest BCUT2D eigenvalue weighted by molar-refractivity contribution is 6.19. The van der Waals surface area contributed by atoms with Gasteiger partial charge in [-0.25, -0.2) is 4.99 Å². The summed E-state index contributed by atoms with van der Waals surface area (Å²) in [6.07, 6.45) is 17.6. The van der Waals surface area contributed by atoms with Crippen molar-refractivity contribution in [2.45, 2.75) is 32.6 Å². The lowest BCUT2D eigenvalue weighted by Crippen LogP contribution is -2.09. The minimum Gasteiger partial charge on any atom is -0.313 e. The van der Waals surface area contributed by atoms with Crippen molar-refractivity contribution in [1.29, 1.82) is 0 Å². The zero-order valence-corrected chi connectivity index (χ0v) is 27.7. The van der Waals surface area contributed by atoms with Crippen molar-refractivity contribution in [2.24, 2.45) is 4.99 Å². The second-order valence-electron chi connectivity index (χ2n) is 13.1. The molecule has 2 aliphatic rings. The molecule has 3 heteroatoms. The van der Waals surface area contributed by atoms with Gasteiger partial charge in [-0.1, -0.05) is 122 Å². The van der Waals surface area contributed by atoms with E-state index in [2.05, 4.69) is 168 Å². The van der Waals surface area contributed by atoms with Gasteiger partial charge in [0, 0.05) is 32.8 Å². The second-order valence-corrected chi connectivity index (χ2v) is 13.1. The second kappa shape index (κ2) is 11.9. The average Bonchev–Trinajstić information content (AvgIpc) is 3.68. The summed E-state index contributed by atoms with van der Waals surface area (Å²) in [5.41, 5.74) is 12.9. The number of allylic oxidation sites excluding steroid dienone is 8. The number of benzene rings is 5. The molecular weight excluding hydrogens is 595 g/mol. The summed E-state index contributed by atoms with van der Waals surface area (Å²) in [5, 5.41) is 4.97. The summed E-state index contributed by atoms with van der Waals surface area (Å²) in [7, 11) is 0. The molecular formula is C46H37N3. The number of aromatic nitrogens is 2. The number of fused-ring (bicyclic) bond motifs is 6. The van der Waals surface area contributed by atoms with Gasteiger partial charge in [-0.15, -0.1) is 0 Å². The zero-order chi connectivity index (χ0) is 32.9. The molecule has 0 unspecified atom stereocenters. The number of nitrogens with zero attached hydrogens (tertiary/aromatic N) is 3. The molecule has 0 atom stereocenters. The quantitative estimate of drug-likeness (QED) is 0.163. The topological polar surface area (TPSA) is 22.2 Å². The Hall–Kier alpha value is -5.93. The Morgan fingerprint density at radius 1 is 0.694 bits per heavy atom. The van der Waals surface area contributed by atoms with Crippen molar-refractivity contribution in [2.75, 3.05) is 0 Å². The van der Waals surface area contributed by atoms with E-state index in [1.807, 2.05) is 0 Å². The molecule has 2 aliphatic carbocycles. The van der Waals surface area contributed by atoms with E-state index in [0.717, 1.165) is 53.6 Å². The van der Waals surface area contributed by atoms with E-state index in [9.17, 15) is 0 Å². The van der Waals surface area contributed by atoms with Crippen molar-refractivity contribution in [3.05, 3.63) is 169 Å². The Morgan fingerprint density at radius 2 is 1.47 bits per heavy atom. The van der Waals surface area contributed by atoms with E-state index in [1.165, 1.54) is 55.0 Å². The maximum absolute atomic E-state index is 5.36. The minimum absolute atomic E-state index is 0.703. The molecule has 2 heterocycles. The van der Waals surface area contributed by atoms with Gasteiger partial charge in [0.15, 0.2) is 0 Å². The monoisotopic (exact) mass is 631 g/mol. The van der Waals surface area contributed by atoms with Crippen LogP contribution < -0.4 is 0 Å². The van der Waals surface area contributed by atoms with Crippen LogP contribution in [-0.4, -0.2) is 14.8 Å². The summed E-state index contributed by atoms with van der Waals surface area (Å²) in [5.74, 6) is 0.703. The molecule has 9 rings (SSSR count). The van der Waals surface area contributed by atoms with Gasteiger partial charge in [0.25, 0.3) is 0 Å². The third-order valence-electron chi connectivity index (χ3n) is 10.1. The lowest BCUT2D eigenvalue weighted by Gasteiger charge is -2.16. The molecule has 5 aromatic carbocycles. The van der Waals surface area contributed by atoms with E-state index in [1.54, 1.807) is 0 Å². The first-order chi connectivity index (χ1) is 24.2. The fourth-order valence-electron chi connectivity index (χ4n) is 7.85. The lowest BCUT2D eigenvalue weighted by molar-refractivity contribution is 0.979. The molecule has 0 saturated carbocycles. The van der Waals surface area contributed by atoms with Crippen molar-refractivity contribution in [3.63, 3.8) is 0 Å². The Balaban J connectivity index is 1.26. The van der Waals surface area contributed by atoms with Crippen LogP contribution in [0.3, 0.4) is 0 Å². The lowest BCUT2D eigenvalue weighted by atomic mass is 9.94. The molecule has 0 radical (unpaired) electrons. The maximum Gasteiger partial charge on any atom is 0.131 e. The third-order valence-corrected chi connectivity index (χ3v) is 10.1. The van der Waals surface area contributed by atoms with E-state index in [4.69, 9.17) is 4.99 Å². The summed E-state index contributed by atoms with van der Waals surface area (Å²) >= 11 is 0. The van der Waals surface area contributed by atoms with E-state index in [-0.39, 0.29) is 0 Å². The van der Waals surface area contributed by atoms with Crippen LogP contribution in [0.2, 0.25) is 0 Å². The molecule has 0 spiro atoms. The minimum atomic E-state index is 0.703. The maximum atomic E-state index is 5.36. The van der Waals surface area contributed by atoms with Gasteiger partial charge in [0.05, 0.1) is 27.8 Å². The first kappa shape index (κ1) is 29.2. The van der Waals surface area contributed by atoms with Crippen LogP contribution >= 0.6 is 0 Å². The molecule has 7 aromatic rings. The predicted octanol–water partition coefficient (Wildman–Crippen LogP) is 12.3. The van der Waals surface area contributed by atoms with Crippen LogP contribution in [-0.2, 0) is 0 Å². The SMILES string of the molecule is C=C(/N=C(/C1=CCCC=C1)c1ccccc1C)n1c2ccccc2c2c(-c3ccc4c5ccccc5n(C5=CC=CCC5)c4c3)cccc21. The Morgan fingerprint density at radius 3 is 2.29 bits per heavy atom. The molecule has 0 saturated heterocycles. The van der Waals surface area contributed by atoms with Crippen LogP contribution in [0.5, 0.6) is 0 Å². The zero-order valence-electron chi connectivity index (χ0n) is 27.7.